The maximum absolute atomic E-state index is 11.8. The number of carboxylic acids is 2. The molecule has 27 heavy (non-hydrogen) atoms. The highest BCUT2D eigenvalue weighted by atomic mass is 16.4. The molecule has 3 N–H and O–H groups in total. The molecular formula is C22H21NO4. The first-order chi connectivity index (χ1) is 13.0. The predicted molar refractivity (Wildman–Crippen MR) is 103 cm³/mol. The first kappa shape index (κ1) is 18.5. The summed E-state index contributed by atoms with van der Waals surface area (Å²) in [7, 11) is 0. The topological polar surface area (TPSA) is 90.4 Å². The Kier molecular flexibility index (Phi) is 5.41. The first-order valence-corrected chi connectivity index (χ1v) is 8.85. The molecule has 0 unspecified atom stereocenters. The lowest BCUT2D eigenvalue weighted by molar-refractivity contribution is 0.0682. The fourth-order valence-corrected chi connectivity index (χ4v) is 3.26. The van der Waals surface area contributed by atoms with Crippen LogP contribution in [-0.4, -0.2) is 27.1 Å². The summed E-state index contributed by atoms with van der Waals surface area (Å²) in [5, 5.41) is 19.1. The number of aromatic carboxylic acids is 2. The lowest BCUT2D eigenvalue weighted by Gasteiger charge is -2.09. The summed E-state index contributed by atoms with van der Waals surface area (Å²) in [6.45, 7) is 2.03. The minimum atomic E-state index is -1.01. The Morgan fingerprint density at radius 2 is 1.70 bits per heavy atom. The minimum absolute atomic E-state index is 0.169. The number of hydrogen-bond donors (Lipinski definition) is 3. The quantitative estimate of drug-likeness (QED) is 0.571. The van der Waals surface area contributed by atoms with E-state index in [2.05, 4.69) is 4.98 Å². The van der Waals surface area contributed by atoms with Crippen LogP contribution in [0.3, 0.4) is 0 Å². The second-order valence-electron chi connectivity index (χ2n) is 6.48. The van der Waals surface area contributed by atoms with E-state index in [1.165, 1.54) is 0 Å². The zero-order valence-electron chi connectivity index (χ0n) is 15.0. The number of hydrogen-bond acceptors (Lipinski definition) is 2. The van der Waals surface area contributed by atoms with Gasteiger partial charge in [-0.25, -0.2) is 9.59 Å². The Labute approximate surface area is 157 Å². The van der Waals surface area contributed by atoms with Gasteiger partial charge in [0.25, 0.3) is 0 Å². The average molecular weight is 363 g/mol. The molecule has 0 radical (unpaired) electrons. The van der Waals surface area contributed by atoms with Crippen LogP contribution >= 0.6 is 0 Å². The van der Waals surface area contributed by atoms with Gasteiger partial charge in [0.15, 0.2) is 0 Å². The zero-order valence-corrected chi connectivity index (χ0v) is 15.0. The Morgan fingerprint density at radius 3 is 2.33 bits per heavy atom. The molecule has 0 aliphatic carbocycles. The molecule has 0 aliphatic rings. The summed E-state index contributed by atoms with van der Waals surface area (Å²) in [5.74, 6) is -2.01. The number of nitrogens with one attached hydrogen (secondary N) is 1. The standard InChI is InChI=1S/C22H21NO4/c1-2-6-17-13-16(20(23-17)22(26)27)11-14-9-10-18(19(12-14)21(24)25)15-7-4-3-5-8-15/h3-5,7-10,12-13,23H,2,6,11H2,1H3,(H,24,25)(H,26,27). The van der Waals surface area contributed by atoms with E-state index >= 15 is 0 Å². The van der Waals surface area contributed by atoms with Crippen molar-refractivity contribution in [1.29, 1.82) is 0 Å². The fourth-order valence-electron chi connectivity index (χ4n) is 3.26. The zero-order chi connectivity index (χ0) is 19.4. The van der Waals surface area contributed by atoms with Crippen LogP contribution in [0.5, 0.6) is 0 Å². The Bertz CT molecular complexity index is 973. The number of rotatable bonds is 7. The molecule has 138 valence electrons. The fraction of sp³-hybridized carbons (Fsp3) is 0.182. The van der Waals surface area contributed by atoms with E-state index in [-0.39, 0.29) is 11.3 Å². The van der Waals surface area contributed by atoms with Gasteiger partial charge in [0.2, 0.25) is 0 Å². The highest BCUT2D eigenvalue weighted by Crippen LogP contribution is 2.26. The summed E-state index contributed by atoms with van der Waals surface area (Å²) in [5.41, 5.74) is 4.16. The van der Waals surface area contributed by atoms with Crippen molar-refractivity contribution in [3.63, 3.8) is 0 Å². The highest BCUT2D eigenvalue weighted by molar-refractivity contribution is 5.96. The maximum Gasteiger partial charge on any atom is 0.352 e. The third-order valence-electron chi connectivity index (χ3n) is 4.48. The van der Waals surface area contributed by atoms with Gasteiger partial charge in [-0.1, -0.05) is 55.8 Å². The van der Waals surface area contributed by atoms with Crippen LogP contribution in [0.1, 0.15) is 51.0 Å². The third kappa shape index (κ3) is 4.08. The summed E-state index contributed by atoms with van der Waals surface area (Å²) < 4.78 is 0. The summed E-state index contributed by atoms with van der Waals surface area (Å²) in [4.78, 5) is 26.2. The van der Waals surface area contributed by atoms with Crippen molar-refractivity contribution < 1.29 is 19.8 Å². The van der Waals surface area contributed by atoms with Crippen LogP contribution in [0.15, 0.2) is 54.6 Å². The van der Waals surface area contributed by atoms with E-state index in [0.29, 0.717) is 17.5 Å². The van der Waals surface area contributed by atoms with E-state index in [1.807, 2.05) is 49.4 Å². The number of aromatic amines is 1. The number of H-pyrrole nitrogens is 1. The largest absolute Gasteiger partial charge is 0.478 e. The molecule has 5 nitrogen and oxygen atoms in total. The molecule has 0 spiro atoms. The SMILES string of the molecule is CCCc1cc(Cc2ccc(-c3ccccc3)c(C(=O)O)c2)c(C(=O)O)[nH]1. The van der Waals surface area contributed by atoms with Gasteiger partial charge in [0, 0.05) is 5.69 Å². The molecule has 0 bridgehead atoms. The summed E-state index contributed by atoms with van der Waals surface area (Å²) in [6, 6.07) is 16.5. The Morgan fingerprint density at radius 1 is 0.963 bits per heavy atom. The normalized spacial score (nSPS) is 10.7. The minimum Gasteiger partial charge on any atom is -0.478 e. The molecule has 3 rings (SSSR count). The van der Waals surface area contributed by atoms with Gasteiger partial charge in [0.05, 0.1) is 5.56 Å². The van der Waals surface area contributed by atoms with E-state index in [4.69, 9.17) is 0 Å². The smallest absolute Gasteiger partial charge is 0.352 e. The summed E-state index contributed by atoms with van der Waals surface area (Å²) >= 11 is 0. The number of carboxylic acid groups (broad SMARTS) is 2. The molecule has 1 aromatic heterocycles. The van der Waals surface area contributed by atoms with Crippen molar-refractivity contribution in [2.45, 2.75) is 26.2 Å². The third-order valence-corrected chi connectivity index (χ3v) is 4.48. The van der Waals surface area contributed by atoms with Crippen molar-refractivity contribution >= 4 is 11.9 Å². The van der Waals surface area contributed by atoms with Crippen molar-refractivity contribution in [2.75, 3.05) is 0 Å². The van der Waals surface area contributed by atoms with Gasteiger partial charge < -0.3 is 15.2 Å². The number of aromatic nitrogens is 1. The highest BCUT2D eigenvalue weighted by Gasteiger charge is 2.17. The van der Waals surface area contributed by atoms with E-state index < -0.39 is 11.9 Å². The predicted octanol–water partition coefficient (Wildman–Crippen LogP) is 4.62. The Hall–Kier alpha value is -3.34. The van der Waals surface area contributed by atoms with Crippen LogP contribution in [0, 0.1) is 0 Å². The molecule has 5 heteroatoms. The van der Waals surface area contributed by atoms with Crippen LogP contribution in [0.25, 0.3) is 11.1 Å². The molecule has 3 aromatic rings. The first-order valence-electron chi connectivity index (χ1n) is 8.85. The van der Waals surface area contributed by atoms with Crippen molar-refractivity contribution in [1.82, 2.24) is 4.98 Å². The van der Waals surface area contributed by atoms with E-state index in [9.17, 15) is 19.8 Å². The molecule has 0 saturated carbocycles. The molecule has 0 fully saturated rings. The van der Waals surface area contributed by atoms with Crippen molar-refractivity contribution in [2.24, 2.45) is 0 Å². The number of carbonyl (C=O) groups is 2. The van der Waals surface area contributed by atoms with Gasteiger partial charge in [-0.2, -0.15) is 0 Å². The van der Waals surface area contributed by atoms with Crippen LogP contribution in [0.2, 0.25) is 0 Å². The van der Waals surface area contributed by atoms with Crippen molar-refractivity contribution in [3.05, 3.63) is 82.7 Å². The van der Waals surface area contributed by atoms with Gasteiger partial charge in [0.1, 0.15) is 5.69 Å². The number of aryl methyl sites for hydroxylation is 1. The Balaban J connectivity index is 1.98. The second kappa shape index (κ2) is 7.91. The average Bonchev–Trinajstić information content (AvgIpc) is 3.05. The van der Waals surface area contributed by atoms with Gasteiger partial charge >= 0.3 is 11.9 Å². The lowest BCUT2D eigenvalue weighted by atomic mass is 9.95. The maximum atomic E-state index is 11.8. The van der Waals surface area contributed by atoms with Crippen LogP contribution < -0.4 is 0 Å². The van der Waals surface area contributed by atoms with Crippen LogP contribution in [0.4, 0.5) is 0 Å². The molecule has 1 heterocycles. The molecule has 0 amide bonds. The summed E-state index contributed by atoms with van der Waals surface area (Å²) in [6.07, 6.45) is 2.04. The van der Waals surface area contributed by atoms with Gasteiger partial charge in [-0.05, 0) is 47.2 Å². The molecular weight excluding hydrogens is 342 g/mol. The van der Waals surface area contributed by atoms with Gasteiger partial charge in [-0.15, -0.1) is 0 Å². The van der Waals surface area contributed by atoms with Gasteiger partial charge in [-0.3, -0.25) is 0 Å². The van der Waals surface area contributed by atoms with E-state index in [0.717, 1.165) is 29.7 Å². The number of benzene rings is 2. The second-order valence-corrected chi connectivity index (χ2v) is 6.48. The molecule has 0 atom stereocenters. The lowest BCUT2D eigenvalue weighted by Crippen LogP contribution is -2.04. The van der Waals surface area contributed by atoms with Crippen LogP contribution in [-0.2, 0) is 12.8 Å². The van der Waals surface area contributed by atoms with E-state index in [1.54, 1.807) is 12.1 Å². The molecule has 0 aliphatic heterocycles. The monoisotopic (exact) mass is 363 g/mol. The molecule has 2 aromatic carbocycles. The molecule has 0 saturated heterocycles. The van der Waals surface area contributed by atoms with Crippen molar-refractivity contribution in [3.8, 4) is 11.1 Å².